The van der Waals surface area contributed by atoms with Crippen molar-refractivity contribution in [3.8, 4) is 0 Å². The van der Waals surface area contributed by atoms with Crippen molar-refractivity contribution in [2.45, 2.75) is 126 Å². The molecule has 1 aliphatic carbocycles. The molecule has 3 rings (SSSR count). The van der Waals surface area contributed by atoms with Crippen LogP contribution in [0.25, 0.3) is 0 Å². The van der Waals surface area contributed by atoms with Crippen LogP contribution in [0, 0.1) is 5.92 Å². The topological polar surface area (TPSA) is 324 Å². The highest BCUT2D eigenvalue weighted by Crippen LogP contribution is 2.30. The minimum Gasteiger partial charge on any atom is -0.481 e. The van der Waals surface area contributed by atoms with Crippen molar-refractivity contribution >= 4 is 59.3 Å². The largest absolute Gasteiger partial charge is 0.481 e. The highest BCUT2D eigenvalue weighted by atomic mass is 16.4. The number of benzene rings is 2. The zero-order valence-electron chi connectivity index (χ0n) is 36.0. The molecule has 6 atom stereocenters. The van der Waals surface area contributed by atoms with Crippen LogP contribution in [0.15, 0.2) is 73.3 Å². The Morgan fingerprint density at radius 3 is 1.48 bits per heavy atom. The van der Waals surface area contributed by atoms with E-state index in [9.17, 15) is 68.4 Å². The highest BCUT2D eigenvalue weighted by Gasteiger charge is 2.38. The highest BCUT2D eigenvalue weighted by molar-refractivity contribution is 5.98. The summed E-state index contributed by atoms with van der Waals surface area (Å²) in [5.41, 5.74) is 0.918. The van der Waals surface area contributed by atoms with Gasteiger partial charge in [-0.15, -0.1) is 6.58 Å². The van der Waals surface area contributed by atoms with Crippen LogP contribution in [0.1, 0.15) is 101 Å². The minimum absolute atomic E-state index is 0.0288. The van der Waals surface area contributed by atoms with E-state index in [1.807, 2.05) is 0 Å². The number of rotatable bonds is 27. The Kier molecular flexibility index (Phi) is 21.3. The van der Waals surface area contributed by atoms with Crippen LogP contribution in [0.2, 0.25) is 0 Å². The van der Waals surface area contributed by atoms with Crippen LogP contribution >= 0.6 is 0 Å². The van der Waals surface area contributed by atoms with Crippen molar-refractivity contribution in [3.63, 3.8) is 0 Å². The molecule has 0 spiro atoms. The van der Waals surface area contributed by atoms with Gasteiger partial charge in [-0.25, -0.2) is 4.79 Å². The molecule has 0 bridgehead atoms. The summed E-state index contributed by atoms with van der Waals surface area (Å²) >= 11 is 0. The lowest BCUT2D eigenvalue weighted by Crippen LogP contribution is -2.60. The lowest BCUT2D eigenvalue weighted by molar-refractivity contribution is -0.142. The Balaban J connectivity index is 2.11. The molecule has 10 N–H and O–H groups in total. The molecule has 2 aromatic rings. The summed E-state index contributed by atoms with van der Waals surface area (Å²) in [7, 11) is 0. The number of carboxylic acids is 4. The Hall–Kier alpha value is -7.12. The van der Waals surface area contributed by atoms with E-state index in [1.165, 1.54) is 6.08 Å². The van der Waals surface area contributed by atoms with Crippen molar-refractivity contribution in [1.82, 2.24) is 31.9 Å². The third-order valence-electron chi connectivity index (χ3n) is 10.8. The molecule has 352 valence electrons. The summed E-state index contributed by atoms with van der Waals surface area (Å²) in [6, 6.07) is 7.19. The third-order valence-corrected chi connectivity index (χ3v) is 10.8. The van der Waals surface area contributed by atoms with E-state index in [4.69, 9.17) is 0 Å². The monoisotopic (exact) mass is 906 g/mol. The fraction of sp³-hybridized carbons (Fsp3) is 0.467. The van der Waals surface area contributed by atoms with Crippen molar-refractivity contribution in [1.29, 1.82) is 0 Å². The number of hydrogen-bond acceptors (Lipinski definition) is 10. The first-order valence-electron chi connectivity index (χ1n) is 21.3. The van der Waals surface area contributed by atoms with E-state index in [-0.39, 0.29) is 18.8 Å². The maximum absolute atomic E-state index is 14.8. The molecular weight excluding hydrogens is 849 g/mol. The zero-order valence-corrected chi connectivity index (χ0v) is 36.0. The standard InChI is InChI=1S/C45H58N6O14/c1-3-13-32(45(64)65)49-42(61)33(24-27-14-7-4-8-15-27)50-40(59)30(20-22-35(53)54)48-44(63)39(38(28-16-9-5-10-17-28)29-18-11-6-12-19-29)51-41(60)31(21-23-36(55)56)47-43(62)34(25-37(57)58)46-26(2)52/h3,5-6,9-12,16-19,27,30-34,38-39H,1,4,7-8,13-15,20-25H2,2H3,(H,46,52)(H,47,62)(H,48,63)(H,49,61)(H,50,59)(H,51,60)(H,53,54)(H,55,56)(H,57,58)(H,64,65)/t30-,31-,32-,33-,34-,39-/m0/s1. The summed E-state index contributed by atoms with van der Waals surface area (Å²) in [6.07, 6.45) is 2.17. The van der Waals surface area contributed by atoms with E-state index in [1.54, 1.807) is 60.7 Å². The summed E-state index contributed by atoms with van der Waals surface area (Å²) in [5.74, 6) is -12.5. The number of carbonyl (C=O) groups is 10. The summed E-state index contributed by atoms with van der Waals surface area (Å²) in [4.78, 5) is 129. The van der Waals surface area contributed by atoms with Gasteiger partial charge >= 0.3 is 23.9 Å². The van der Waals surface area contributed by atoms with Gasteiger partial charge in [-0.2, -0.15) is 0 Å². The first-order valence-corrected chi connectivity index (χ1v) is 21.3. The van der Waals surface area contributed by atoms with E-state index in [2.05, 4.69) is 38.5 Å². The van der Waals surface area contributed by atoms with Gasteiger partial charge in [-0.3, -0.25) is 43.2 Å². The molecule has 0 unspecified atom stereocenters. The van der Waals surface area contributed by atoms with Crippen molar-refractivity contribution in [3.05, 3.63) is 84.4 Å². The number of carboxylic acid groups (broad SMARTS) is 4. The SMILES string of the molecule is C=CC[C@H](NC(=O)[C@H](CC1CCCCC1)NC(=O)[C@H](CCC(=O)O)NC(=O)[C@@H](NC(=O)[C@H](CCC(=O)O)NC(=O)[C@H](CC(=O)O)NC(C)=O)C(c1ccccc1)c1ccccc1)C(=O)O. The maximum Gasteiger partial charge on any atom is 0.326 e. The van der Waals surface area contributed by atoms with E-state index in [0.717, 1.165) is 39.0 Å². The molecular formula is C45H58N6O14. The number of carbonyl (C=O) groups excluding carboxylic acids is 6. The van der Waals surface area contributed by atoms with Crippen LogP contribution in [0.3, 0.4) is 0 Å². The van der Waals surface area contributed by atoms with Crippen molar-refractivity contribution < 1.29 is 68.4 Å². The number of nitrogens with one attached hydrogen (secondary N) is 6. The Morgan fingerprint density at radius 2 is 1.02 bits per heavy atom. The van der Waals surface area contributed by atoms with E-state index < -0.39 is 134 Å². The van der Waals surface area contributed by atoms with Gasteiger partial charge in [0.25, 0.3) is 0 Å². The summed E-state index contributed by atoms with van der Waals surface area (Å²) in [6.45, 7) is 4.56. The first kappa shape index (κ1) is 52.2. The second-order valence-electron chi connectivity index (χ2n) is 15.8. The van der Waals surface area contributed by atoms with Crippen LogP contribution in [-0.2, 0) is 47.9 Å². The van der Waals surface area contributed by atoms with Gasteiger partial charge in [0.2, 0.25) is 35.4 Å². The van der Waals surface area contributed by atoms with E-state index in [0.29, 0.717) is 11.1 Å². The van der Waals surface area contributed by atoms with Crippen LogP contribution in [-0.4, -0.2) is 116 Å². The van der Waals surface area contributed by atoms with Gasteiger partial charge in [-0.05, 0) is 42.7 Å². The predicted octanol–water partition coefficient (Wildman–Crippen LogP) is 1.58. The Morgan fingerprint density at radius 1 is 0.569 bits per heavy atom. The molecule has 2 aromatic carbocycles. The molecule has 20 nitrogen and oxygen atoms in total. The van der Waals surface area contributed by atoms with Gasteiger partial charge < -0.3 is 52.3 Å². The molecule has 1 saturated carbocycles. The average Bonchev–Trinajstić information content (AvgIpc) is 3.25. The number of aliphatic carboxylic acids is 4. The molecule has 20 heteroatoms. The van der Waals surface area contributed by atoms with Gasteiger partial charge in [0.1, 0.15) is 36.3 Å². The second-order valence-corrected chi connectivity index (χ2v) is 15.8. The molecule has 1 aliphatic rings. The van der Waals surface area contributed by atoms with Gasteiger partial charge in [-0.1, -0.05) is 98.8 Å². The molecule has 0 saturated heterocycles. The smallest absolute Gasteiger partial charge is 0.326 e. The zero-order chi connectivity index (χ0) is 48.1. The second kappa shape index (κ2) is 26.5. The fourth-order valence-corrected chi connectivity index (χ4v) is 7.61. The van der Waals surface area contributed by atoms with Gasteiger partial charge in [0.05, 0.1) is 6.42 Å². The van der Waals surface area contributed by atoms with E-state index >= 15 is 0 Å². The lowest BCUT2D eigenvalue weighted by atomic mass is 9.84. The lowest BCUT2D eigenvalue weighted by Gasteiger charge is -2.32. The first-order chi connectivity index (χ1) is 30.9. The fourth-order valence-electron chi connectivity index (χ4n) is 7.61. The third kappa shape index (κ3) is 17.9. The molecule has 0 radical (unpaired) electrons. The minimum atomic E-state index is -1.73. The Labute approximate surface area is 375 Å². The van der Waals surface area contributed by atoms with Gasteiger partial charge in [0.15, 0.2) is 0 Å². The van der Waals surface area contributed by atoms with Crippen molar-refractivity contribution in [2.75, 3.05) is 0 Å². The molecule has 0 heterocycles. The van der Waals surface area contributed by atoms with Crippen LogP contribution < -0.4 is 31.9 Å². The molecule has 6 amide bonds. The number of amides is 6. The average molecular weight is 907 g/mol. The van der Waals surface area contributed by atoms with Gasteiger partial charge in [0, 0.05) is 25.7 Å². The maximum atomic E-state index is 14.8. The van der Waals surface area contributed by atoms with Crippen molar-refractivity contribution in [2.24, 2.45) is 5.92 Å². The predicted molar refractivity (Wildman–Crippen MR) is 232 cm³/mol. The Bertz CT molecular complexity index is 1950. The molecule has 1 fully saturated rings. The summed E-state index contributed by atoms with van der Waals surface area (Å²) in [5, 5.41) is 53.0. The summed E-state index contributed by atoms with van der Waals surface area (Å²) < 4.78 is 0. The number of hydrogen-bond donors (Lipinski definition) is 10. The quantitative estimate of drug-likeness (QED) is 0.0570. The van der Waals surface area contributed by atoms with Crippen LogP contribution in [0.4, 0.5) is 0 Å². The normalized spacial score (nSPS) is 15.3. The molecule has 65 heavy (non-hydrogen) atoms. The van der Waals surface area contributed by atoms with Crippen LogP contribution in [0.5, 0.6) is 0 Å². The molecule has 0 aromatic heterocycles. The molecule has 0 aliphatic heterocycles.